The van der Waals surface area contributed by atoms with Gasteiger partial charge < -0.3 is 4.74 Å². The Morgan fingerprint density at radius 1 is 1.24 bits per heavy atom. The van der Waals surface area contributed by atoms with Gasteiger partial charge in [-0.1, -0.05) is 18.2 Å². The molecule has 0 bridgehead atoms. The average Bonchev–Trinajstić information content (AvgIpc) is 2.36. The predicted octanol–water partition coefficient (Wildman–Crippen LogP) is 2.49. The van der Waals surface area contributed by atoms with Crippen LogP contribution in [-0.2, 0) is 4.74 Å². The zero-order chi connectivity index (χ0) is 12.4. The van der Waals surface area contributed by atoms with Crippen molar-refractivity contribution in [3.8, 4) is 0 Å². The third kappa shape index (κ3) is 2.13. The first-order chi connectivity index (χ1) is 8.13. The smallest absolute Gasteiger partial charge is 0.403 e. The fourth-order valence-electron chi connectivity index (χ4n) is 1.90. The molecule has 1 aromatic heterocycles. The van der Waals surface area contributed by atoms with Gasteiger partial charge >= 0.3 is 5.97 Å². The Hall–Kier alpha value is -1.90. The highest BCUT2D eigenvalue weighted by atomic mass is 16.5. The van der Waals surface area contributed by atoms with Crippen molar-refractivity contribution in [3.05, 3.63) is 42.2 Å². The summed E-state index contributed by atoms with van der Waals surface area (Å²) in [6, 6.07) is 10.1. The molecule has 0 fully saturated rings. The minimum atomic E-state index is -0.301. The molecule has 1 heterocycles. The largest absolute Gasteiger partial charge is 0.461 e. The van der Waals surface area contributed by atoms with Crippen molar-refractivity contribution in [1.29, 1.82) is 0 Å². The SMILES string of the molecule is COC(=O)c1cc2ccccc2c[n+]1C(C)C. The van der Waals surface area contributed by atoms with Gasteiger partial charge in [0.25, 0.3) is 5.69 Å². The molecule has 3 heteroatoms. The van der Waals surface area contributed by atoms with E-state index in [4.69, 9.17) is 4.74 Å². The van der Waals surface area contributed by atoms with Gasteiger partial charge in [0.15, 0.2) is 12.2 Å². The van der Waals surface area contributed by atoms with Crippen molar-refractivity contribution in [1.82, 2.24) is 0 Å². The van der Waals surface area contributed by atoms with E-state index >= 15 is 0 Å². The zero-order valence-electron chi connectivity index (χ0n) is 10.3. The molecule has 0 spiro atoms. The molecule has 0 radical (unpaired) electrons. The summed E-state index contributed by atoms with van der Waals surface area (Å²) in [6.07, 6.45) is 1.99. The second-order valence-corrected chi connectivity index (χ2v) is 4.28. The van der Waals surface area contributed by atoms with Gasteiger partial charge in [0.05, 0.1) is 7.11 Å². The van der Waals surface area contributed by atoms with Gasteiger partial charge in [-0.3, -0.25) is 0 Å². The normalized spacial score (nSPS) is 10.8. The Kier molecular flexibility index (Phi) is 3.09. The lowest BCUT2D eigenvalue weighted by Gasteiger charge is -2.07. The molecule has 0 aliphatic rings. The molecule has 0 saturated carbocycles. The topological polar surface area (TPSA) is 30.2 Å². The quantitative estimate of drug-likeness (QED) is 0.586. The predicted molar refractivity (Wildman–Crippen MR) is 65.9 cm³/mol. The molecule has 88 valence electrons. The van der Waals surface area contributed by atoms with Crippen molar-refractivity contribution in [2.24, 2.45) is 0 Å². The van der Waals surface area contributed by atoms with Crippen LogP contribution in [0.1, 0.15) is 30.4 Å². The van der Waals surface area contributed by atoms with Crippen molar-refractivity contribution in [2.45, 2.75) is 19.9 Å². The monoisotopic (exact) mass is 230 g/mol. The van der Waals surface area contributed by atoms with Gasteiger partial charge in [-0.2, -0.15) is 4.57 Å². The van der Waals surface area contributed by atoms with Crippen molar-refractivity contribution < 1.29 is 14.1 Å². The van der Waals surface area contributed by atoms with Crippen LogP contribution in [0.25, 0.3) is 10.8 Å². The van der Waals surface area contributed by atoms with Crippen molar-refractivity contribution >= 4 is 16.7 Å². The summed E-state index contributed by atoms with van der Waals surface area (Å²) in [4.78, 5) is 11.7. The van der Waals surface area contributed by atoms with Gasteiger partial charge in [0.1, 0.15) is 0 Å². The van der Waals surface area contributed by atoms with E-state index in [2.05, 4.69) is 0 Å². The lowest BCUT2D eigenvalue weighted by atomic mass is 10.1. The number of methoxy groups -OCH3 is 1. The van der Waals surface area contributed by atoms with E-state index < -0.39 is 0 Å². The van der Waals surface area contributed by atoms with Crippen LogP contribution >= 0.6 is 0 Å². The lowest BCUT2D eigenvalue weighted by Crippen LogP contribution is -2.42. The van der Waals surface area contributed by atoms with E-state index in [-0.39, 0.29) is 12.0 Å². The molecular weight excluding hydrogens is 214 g/mol. The number of esters is 1. The summed E-state index contributed by atoms with van der Waals surface area (Å²) in [6.45, 7) is 4.09. The Labute approximate surface area is 101 Å². The Balaban J connectivity index is 2.70. The number of hydrogen-bond donors (Lipinski definition) is 0. The molecule has 0 N–H and O–H groups in total. The molecule has 17 heavy (non-hydrogen) atoms. The molecule has 3 nitrogen and oxygen atoms in total. The maximum atomic E-state index is 11.7. The standard InChI is InChI=1S/C14H16NO2/c1-10(2)15-9-12-7-5-4-6-11(12)8-13(15)14(16)17-3/h4-10H,1-3H3/q+1. The average molecular weight is 230 g/mol. The molecule has 2 aromatic rings. The number of benzene rings is 1. The van der Waals surface area contributed by atoms with E-state index in [0.29, 0.717) is 5.69 Å². The first-order valence-corrected chi connectivity index (χ1v) is 5.65. The van der Waals surface area contributed by atoms with E-state index in [0.717, 1.165) is 10.8 Å². The van der Waals surface area contributed by atoms with Gasteiger partial charge in [-0.15, -0.1) is 0 Å². The maximum absolute atomic E-state index is 11.7. The highest BCUT2D eigenvalue weighted by Gasteiger charge is 2.23. The summed E-state index contributed by atoms with van der Waals surface area (Å²) in [7, 11) is 1.40. The molecule has 0 unspecified atom stereocenters. The number of aromatic nitrogens is 1. The highest BCUT2D eigenvalue weighted by molar-refractivity contribution is 5.91. The summed E-state index contributed by atoms with van der Waals surface area (Å²) >= 11 is 0. The van der Waals surface area contributed by atoms with Gasteiger partial charge in [0, 0.05) is 11.5 Å². The fourth-order valence-corrected chi connectivity index (χ4v) is 1.90. The number of pyridine rings is 1. The third-order valence-electron chi connectivity index (χ3n) is 2.80. The fraction of sp³-hybridized carbons (Fsp3) is 0.286. The minimum absolute atomic E-state index is 0.216. The second-order valence-electron chi connectivity index (χ2n) is 4.28. The van der Waals surface area contributed by atoms with E-state index in [1.165, 1.54) is 7.11 Å². The van der Waals surface area contributed by atoms with Crippen molar-refractivity contribution in [2.75, 3.05) is 7.11 Å². The van der Waals surface area contributed by atoms with Crippen LogP contribution in [0.5, 0.6) is 0 Å². The van der Waals surface area contributed by atoms with E-state index in [1.807, 2.05) is 54.9 Å². The number of fused-ring (bicyclic) bond motifs is 1. The number of carbonyl (C=O) groups excluding carboxylic acids is 1. The molecule has 0 aliphatic heterocycles. The first-order valence-electron chi connectivity index (χ1n) is 5.65. The summed E-state index contributed by atoms with van der Waals surface area (Å²) < 4.78 is 6.75. The Bertz CT molecular complexity index is 561. The molecular formula is C14H16NO2+. The maximum Gasteiger partial charge on any atom is 0.403 e. The molecule has 0 atom stereocenters. The van der Waals surface area contributed by atoms with Crippen LogP contribution in [0.4, 0.5) is 0 Å². The highest BCUT2D eigenvalue weighted by Crippen LogP contribution is 2.14. The number of carbonyl (C=O) groups is 1. The molecule has 1 aromatic carbocycles. The number of ether oxygens (including phenoxy) is 1. The summed E-state index contributed by atoms with van der Waals surface area (Å²) in [5, 5.41) is 2.17. The Morgan fingerprint density at radius 3 is 2.47 bits per heavy atom. The molecule has 2 rings (SSSR count). The van der Waals surface area contributed by atoms with E-state index in [1.54, 1.807) is 0 Å². The van der Waals surface area contributed by atoms with Crippen LogP contribution in [0.2, 0.25) is 0 Å². The zero-order valence-corrected chi connectivity index (χ0v) is 10.3. The van der Waals surface area contributed by atoms with Crippen molar-refractivity contribution in [3.63, 3.8) is 0 Å². The van der Waals surface area contributed by atoms with Gasteiger partial charge in [-0.25, -0.2) is 4.79 Å². The summed E-state index contributed by atoms with van der Waals surface area (Å²) in [5.74, 6) is -0.301. The van der Waals surface area contributed by atoms with Crippen LogP contribution in [-0.4, -0.2) is 13.1 Å². The second kappa shape index (κ2) is 4.53. The Morgan fingerprint density at radius 2 is 1.88 bits per heavy atom. The van der Waals surface area contributed by atoms with Crippen LogP contribution in [0, 0.1) is 0 Å². The van der Waals surface area contributed by atoms with E-state index in [9.17, 15) is 4.79 Å². The third-order valence-corrected chi connectivity index (χ3v) is 2.80. The van der Waals surface area contributed by atoms with Crippen LogP contribution in [0.15, 0.2) is 36.5 Å². The molecule has 0 saturated heterocycles. The first kappa shape index (κ1) is 11.6. The summed E-state index contributed by atoms with van der Waals surface area (Å²) in [5.41, 5.74) is 0.584. The number of nitrogens with zero attached hydrogens (tertiary/aromatic N) is 1. The molecule has 0 amide bonds. The number of hydrogen-bond acceptors (Lipinski definition) is 2. The number of rotatable bonds is 2. The van der Waals surface area contributed by atoms with Crippen LogP contribution in [0.3, 0.4) is 0 Å². The van der Waals surface area contributed by atoms with Gasteiger partial charge in [0.2, 0.25) is 0 Å². The lowest BCUT2D eigenvalue weighted by molar-refractivity contribution is -0.717. The minimum Gasteiger partial charge on any atom is -0.461 e. The van der Waals surface area contributed by atoms with Crippen LogP contribution < -0.4 is 4.57 Å². The molecule has 0 aliphatic carbocycles. The van der Waals surface area contributed by atoms with Gasteiger partial charge in [-0.05, 0) is 25.3 Å².